The predicted octanol–water partition coefficient (Wildman–Crippen LogP) is 2.13. The topological polar surface area (TPSA) is 75.6 Å². The number of amides is 1. The predicted molar refractivity (Wildman–Crippen MR) is 75.8 cm³/mol. The maximum Gasteiger partial charge on any atom is 0.305 e. The molecule has 0 saturated heterocycles. The molecule has 110 valence electrons. The van der Waals surface area contributed by atoms with E-state index in [1.807, 2.05) is 31.2 Å². The normalized spacial score (nSPS) is 11.7. The lowest BCUT2D eigenvalue weighted by atomic mass is 10.2. The molecule has 2 N–H and O–H groups in total. The van der Waals surface area contributed by atoms with E-state index in [1.54, 1.807) is 6.92 Å². The van der Waals surface area contributed by atoms with E-state index in [1.165, 1.54) is 0 Å². The number of carbonyl (C=O) groups is 2. The van der Waals surface area contributed by atoms with Gasteiger partial charge in [-0.1, -0.05) is 12.1 Å². The molecule has 0 heterocycles. The van der Waals surface area contributed by atoms with Gasteiger partial charge < -0.3 is 15.2 Å². The minimum absolute atomic E-state index is 0.0640. The van der Waals surface area contributed by atoms with Crippen molar-refractivity contribution in [2.45, 2.75) is 39.2 Å². The molecular formula is C15H21NO4. The average Bonchev–Trinajstić information content (AvgIpc) is 2.33. The highest BCUT2D eigenvalue weighted by Crippen LogP contribution is 2.12. The van der Waals surface area contributed by atoms with Crippen LogP contribution in [0.1, 0.15) is 31.7 Å². The summed E-state index contributed by atoms with van der Waals surface area (Å²) < 4.78 is 5.53. The number of ether oxygens (including phenoxy) is 1. The Hall–Kier alpha value is -2.04. The fourth-order valence-corrected chi connectivity index (χ4v) is 1.79. The first-order valence-corrected chi connectivity index (χ1v) is 6.68. The van der Waals surface area contributed by atoms with Crippen LogP contribution in [0.4, 0.5) is 0 Å². The Morgan fingerprint density at radius 2 is 2.15 bits per heavy atom. The van der Waals surface area contributed by atoms with Gasteiger partial charge in [-0.3, -0.25) is 9.59 Å². The zero-order valence-electron chi connectivity index (χ0n) is 11.9. The van der Waals surface area contributed by atoms with E-state index in [9.17, 15) is 9.59 Å². The first kappa shape index (κ1) is 16.0. The number of aryl methyl sites for hydroxylation is 1. The lowest BCUT2D eigenvalue weighted by molar-refractivity contribution is -0.137. The summed E-state index contributed by atoms with van der Waals surface area (Å²) >= 11 is 0. The van der Waals surface area contributed by atoms with Crippen molar-refractivity contribution >= 4 is 11.9 Å². The molecule has 0 radical (unpaired) electrons. The van der Waals surface area contributed by atoms with Gasteiger partial charge in [0, 0.05) is 12.5 Å². The van der Waals surface area contributed by atoms with Gasteiger partial charge in [-0.15, -0.1) is 0 Å². The molecule has 1 amide bonds. The standard InChI is InChI=1S/C15H21NO4/c1-11-5-3-6-13(9-11)20-8-4-7-14(17)16-12(2)10-15(18)19/h3,5-6,9,12H,4,7-8,10H2,1-2H3,(H,16,17)(H,18,19). The highest BCUT2D eigenvalue weighted by Gasteiger charge is 2.10. The van der Waals surface area contributed by atoms with E-state index in [-0.39, 0.29) is 18.4 Å². The van der Waals surface area contributed by atoms with Gasteiger partial charge in [0.05, 0.1) is 13.0 Å². The molecule has 0 aromatic heterocycles. The molecule has 1 unspecified atom stereocenters. The number of aliphatic carboxylic acids is 1. The molecule has 1 aromatic carbocycles. The number of nitrogens with one attached hydrogen (secondary N) is 1. The van der Waals surface area contributed by atoms with E-state index in [0.717, 1.165) is 11.3 Å². The smallest absolute Gasteiger partial charge is 0.305 e. The lowest BCUT2D eigenvalue weighted by Gasteiger charge is -2.11. The second kappa shape index (κ2) is 8.19. The summed E-state index contributed by atoms with van der Waals surface area (Å²) in [5.41, 5.74) is 1.13. The summed E-state index contributed by atoms with van der Waals surface area (Å²) in [5, 5.41) is 11.2. The van der Waals surface area contributed by atoms with Crippen molar-refractivity contribution in [1.82, 2.24) is 5.32 Å². The Kier molecular flexibility index (Phi) is 6.56. The molecule has 0 spiro atoms. The Morgan fingerprint density at radius 3 is 2.80 bits per heavy atom. The number of carbonyl (C=O) groups excluding carboxylic acids is 1. The molecule has 0 bridgehead atoms. The van der Waals surface area contributed by atoms with Gasteiger partial charge in [-0.2, -0.15) is 0 Å². The molecular weight excluding hydrogens is 258 g/mol. The van der Waals surface area contributed by atoms with Crippen LogP contribution in [0.5, 0.6) is 5.75 Å². The zero-order valence-corrected chi connectivity index (χ0v) is 11.9. The van der Waals surface area contributed by atoms with Crippen LogP contribution in [-0.2, 0) is 9.59 Å². The van der Waals surface area contributed by atoms with Gasteiger partial charge in [0.25, 0.3) is 0 Å². The van der Waals surface area contributed by atoms with Crippen molar-refractivity contribution in [2.75, 3.05) is 6.61 Å². The van der Waals surface area contributed by atoms with E-state index >= 15 is 0 Å². The van der Waals surface area contributed by atoms with E-state index < -0.39 is 5.97 Å². The monoisotopic (exact) mass is 279 g/mol. The van der Waals surface area contributed by atoms with Crippen LogP contribution in [0.25, 0.3) is 0 Å². The second-order valence-electron chi connectivity index (χ2n) is 4.83. The van der Waals surface area contributed by atoms with Crippen molar-refractivity contribution in [2.24, 2.45) is 0 Å². The van der Waals surface area contributed by atoms with Gasteiger partial charge in [-0.05, 0) is 38.0 Å². The summed E-state index contributed by atoms with van der Waals surface area (Å²) in [4.78, 5) is 22.0. The zero-order chi connectivity index (χ0) is 15.0. The summed E-state index contributed by atoms with van der Waals surface area (Å²) in [5.74, 6) is -0.267. The van der Waals surface area contributed by atoms with E-state index in [0.29, 0.717) is 19.4 Å². The first-order chi connectivity index (χ1) is 9.47. The van der Waals surface area contributed by atoms with Crippen LogP contribution in [0, 0.1) is 6.92 Å². The van der Waals surface area contributed by atoms with Crippen LogP contribution < -0.4 is 10.1 Å². The number of benzene rings is 1. The number of rotatable bonds is 8. The van der Waals surface area contributed by atoms with Crippen LogP contribution >= 0.6 is 0 Å². The van der Waals surface area contributed by atoms with Crippen LogP contribution in [-0.4, -0.2) is 29.6 Å². The van der Waals surface area contributed by atoms with Crippen molar-refractivity contribution in [3.63, 3.8) is 0 Å². The Labute approximate surface area is 118 Å². The Morgan fingerprint density at radius 1 is 1.40 bits per heavy atom. The molecule has 5 heteroatoms. The summed E-state index contributed by atoms with van der Waals surface area (Å²) in [6.07, 6.45) is 0.862. The fraction of sp³-hybridized carbons (Fsp3) is 0.467. The van der Waals surface area contributed by atoms with Crippen molar-refractivity contribution < 1.29 is 19.4 Å². The molecule has 0 aliphatic rings. The molecule has 0 aliphatic heterocycles. The Bertz CT molecular complexity index is 459. The van der Waals surface area contributed by atoms with E-state index in [2.05, 4.69) is 5.32 Å². The summed E-state index contributed by atoms with van der Waals surface area (Å²) in [7, 11) is 0. The third-order valence-electron chi connectivity index (χ3n) is 2.69. The number of carboxylic acid groups (broad SMARTS) is 1. The van der Waals surface area contributed by atoms with Gasteiger partial charge >= 0.3 is 5.97 Å². The average molecular weight is 279 g/mol. The van der Waals surface area contributed by atoms with Crippen LogP contribution in [0.2, 0.25) is 0 Å². The molecule has 0 fully saturated rings. The number of hydrogen-bond acceptors (Lipinski definition) is 3. The molecule has 1 rings (SSSR count). The quantitative estimate of drug-likeness (QED) is 0.715. The van der Waals surface area contributed by atoms with E-state index in [4.69, 9.17) is 9.84 Å². The maximum atomic E-state index is 11.5. The van der Waals surface area contributed by atoms with Gasteiger partial charge in [0.2, 0.25) is 5.91 Å². The van der Waals surface area contributed by atoms with Gasteiger partial charge in [-0.25, -0.2) is 0 Å². The molecule has 1 atom stereocenters. The molecule has 5 nitrogen and oxygen atoms in total. The minimum Gasteiger partial charge on any atom is -0.494 e. The SMILES string of the molecule is Cc1cccc(OCCCC(=O)NC(C)CC(=O)O)c1. The van der Waals surface area contributed by atoms with Gasteiger partial charge in [0.1, 0.15) is 5.75 Å². The van der Waals surface area contributed by atoms with Crippen molar-refractivity contribution in [3.8, 4) is 5.75 Å². The summed E-state index contributed by atoms with van der Waals surface area (Å²) in [6.45, 7) is 4.13. The fourth-order valence-electron chi connectivity index (χ4n) is 1.79. The third kappa shape index (κ3) is 6.78. The number of carboxylic acids is 1. The Balaban J connectivity index is 2.17. The van der Waals surface area contributed by atoms with Crippen molar-refractivity contribution in [1.29, 1.82) is 0 Å². The highest BCUT2D eigenvalue weighted by molar-refractivity contribution is 5.77. The summed E-state index contributed by atoms with van der Waals surface area (Å²) in [6, 6.07) is 7.38. The maximum absolute atomic E-state index is 11.5. The molecule has 20 heavy (non-hydrogen) atoms. The molecule has 1 aromatic rings. The minimum atomic E-state index is -0.916. The lowest BCUT2D eigenvalue weighted by Crippen LogP contribution is -2.34. The third-order valence-corrected chi connectivity index (χ3v) is 2.69. The van der Waals surface area contributed by atoms with Crippen LogP contribution in [0.15, 0.2) is 24.3 Å². The molecule has 0 saturated carbocycles. The largest absolute Gasteiger partial charge is 0.494 e. The first-order valence-electron chi connectivity index (χ1n) is 6.68. The highest BCUT2D eigenvalue weighted by atomic mass is 16.5. The second-order valence-corrected chi connectivity index (χ2v) is 4.83. The van der Waals surface area contributed by atoms with Gasteiger partial charge in [0.15, 0.2) is 0 Å². The van der Waals surface area contributed by atoms with Crippen LogP contribution in [0.3, 0.4) is 0 Å². The number of hydrogen-bond donors (Lipinski definition) is 2. The molecule has 0 aliphatic carbocycles. The van der Waals surface area contributed by atoms with Crippen molar-refractivity contribution in [3.05, 3.63) is 29.8 Å².